The van der Waals surface area contributed by atoms with Gasteiger partial charge in [-0.15, -0.1) is 0 Å². The van der Waals surface area contributed by atoms with Crippen molar-refractivity contribution in [1.29, 1.82) is 0 Å². The molecular formula is C31H48. The van der Waals surface area contributed by atoms with Crippen LogP contribution in [-0.4, -0.2) is 0 Å². The predicted octanol–water partition coefficient (Wildman–Crippen LogP) is 9.42. The second-order valence-electron chi connectivity index (χ2n) is 13.6. The van der Waals surface area contributed by atoms with Gasteiger partial charge in [-0.3, -0.25) is 0 Å². The Morgan fingerprint density at radius 3 is 1.35 bits per heavy atom. The molecule has 0 nitrogen and oxygen atoms in total. The molecule has 0 aliphatic carbocycles. The highest BCUT2D eigenvalue weighted by molar-refractivity contribution is 5.47. The molecule has 0 fully saturated rings. The van der Waals surface area contributed by atoms with E-state index in [1.54, 1.807) is 0 Å². The fourth-order valence-electron chi connectivity index (χ4n) is 4.33. The summed E-state index contributed by atoms with van der Waals surface area (Å²) in [6.07, 6.45) is 1.11. The van der Waals surface area contributed by atoms with Crippen molar-refractivity contribution in [2.75, 3.05) is 0 Å². The van der Waals surface area contributed by atoms with Gasteiger partial charge in [-0.1, -0.05) is 126 Å². The van der Waals surface area contributed by atoms with Crippen molar-refractivity contribution in [1.82, 2.24) is 0 Å². The molecule has 2 rings (SSSR count). The van der Waals surface area contributed by atoms with Gasteiger partial charge in [0.2, 0.25) is 0 Å². The van der Waals surface area contributed by atoms with Crippen LogP contribution < -0.4 is 0 Å². The van der Waals surface area contributed by atoms with Gasteiger partial charge in [0, 0.05) is 5.92 Å². The lowest BCUT2D eigenvalue weighted by molar-refractivity contribution is 0.553. The summed E-state index contributed by atoms with van der Waals surface area (Å²) < 4.78 is 0. The van der Waals surface area contributed by atoms with Crippen LogP contribution in [0.5, 0.6) is 0 Å². The number of rotatable bonds is 3. The summed E-state index contributed by atoms with van der Waals surface area (Å²) in [4.78, 5) is 0. The molecule has 1 atom stereocenters. The number of hydrogen-bond donors (Lipinski definition) is 0. The van der Waals surface area contributed by atoms with Crippen molar-refractivity contribution < 1.29 is 0 Å². The molecule has 172 valence electrons. The van der Waals surface area contributed by atoms with E-state index in [9.17, 15) is 0 Å². The third-order valence-corrected chi connectivity index (χ3v) is 6.60. The zero-order valence-electron chi connectivity index (χ0n) is 22.7. The quantitative estimate of drug-likeness (QED) is 0.464. The van der Waals surface area contributed by atoms with Gasteiger partial charge in [0.25, 0.3) is 0 Å². The normalized spacial score (nSPS) is 14.6. The Balaban J connectivity index is 2.79. The van der Waals surface area contributed by atoms with E-state index in [1.807, 2.05) is 0 Å². The molecule has 0 spiro atoms. The summed E-state index contributed by atoms with van der Waals surface area (Å²) in [6, 6.07) is 14.7. The Kier molecular flexibility index (Phi) is 6.98. The Morgan fingerprint density at radius 2 is 1.00 bits per heavy atom. The maximum atomic E-state index is 2.48. The molecule has 31 heavy (non-hydrogen) atoms. The first-order valence-corrected chi connectivity index (χ1v) is 12.2. The Hall–Kier alpha value is -1.56. The standard InChI is InChI=1S/C31H48/c1-14-25(21-17-23(29(5,6)7)19-24(18-21)30(8,9)10)26-16-15-22(28(2,3)4)20-27(26)31(11,12)13/h15-20,25H,14H2,1-13H3. The van der Waals surface area contributed by atoms with Crippen LogP contribution in [0.1, 0.15) is 136 Å². The highest BCUT2D eigenvalue weighted by Gasteiger charge is 2.28. The van der Waals surface area contributed by atoms with E-state index in [4.69, 9.17) is 0 Å². The predicted molar refractivity (Wildman–Crippen MR) is 140 cm³/mol. The van der Waals surface area contributed by atoms with Crippen molar-refractivity contribution in [3.63, 3.8) is 0 Å². The maximum absolute atomic E-state index is 2.48. The minimum Gasteiger partial charge on any atom is -0.0645 e. The molecule has 0 aliphatic heterocycles. The second-order valence-corrected chi connectivity index (χ2v) is 13.6. The van der Waals surface area contributed by atoms with E-state index in [0.717, 1.165) is 6.42 Å². The average Bonchev–Trinajstić information content (AvgIpc) is 2.59. The molecule has 0 saturated carbocycles. The van der Waals surface area contributed by atoms with Crippen molar-refractivity contribution in [2.24, 2.45) is 0 Å². The first kappa shape index (κ1) is 25.7. The van der Waals surface area contributed by atoms with Gasteiger partial charge in [-0.05, 0) is 61.5 Å². The fourth-order valence-corrected chi connectivity index (χ4v) is 4.33. The molecule has 0 N–H and O–H groups in total. The first-order valence-electron chi connectivity index (χ1n) is 12.2. The molecule has 0 bridgehead atoms. The van der Waals surface area contributed by atoms with Crippen molar-refractivity contribution >= 4 is 0 Å². The van der Waals surface area contributed by atoms with Gasteiger partial charge in [-0.25, -0.2) is 0 Å². The van der Waals surface area contributed by atoms with Crippen molar-refractivity contribution in [2.45, 2.75) is 124 Å². The highest BCUT2D eigenvalue weighted by Crippen LogP contribution is 2.41. The first-order chi connectivity index (χ1) is 13.9. The van der Waals surface area contributed by atoms with Gasteiger partial charge >= 0.3 is 0 Å². The molecule has 0 amide bonds. The lowest BCUT2D eigenvalue weighted by Crippen LogP contribution is -2.21. The molecule has 0 heteroatoms. The van der Waals surface area contributed by atoms with Crippen LogP contribution in [0.15, 0.2) is 36.4 Å². The molecule has 0 aromatic heterocycles. The van der Waals surface area contributed by atoms with Crippen LogP contribution >= 0.6 is 0 Å². The molecule has 0 heterocycles. The summed E-state index contributed by atoms with van der Waals surface area (Å²) in [5.41, 5.74) is 9.30. The summed E-state index contributed by atoms with van der Waals surface area (Å²) >= 11 is 0. The van der Waals surface area contributed by atoms with E-state index in [1.165, 1.54) is 33.4 Å². The van der Waals surface area contributed by atoms with E-state index >= 15 is 0 Å². The SMILES string of the molecule is CCC(c1cc(C(C)(C)C)cc(C(C)(C)C)c1)c1ccc(C(C)(C)C)cc1C(C)(C)C. The molecule has 2 aromatic rings. The largest absolute Gasteiger partial charge is 0.0645 e. The Labute approximate surface area is 193 Å². The molecular weight excluding hydrogens is 372 g/mol. The minimum atomic E-state index is 0.110. The molecule has 0 saturated heterocycles. The average molecular weight is 421 g/mol. The van der Waals surface area contributed by atoms with Crippen LogP contribution in [0.4, 0.5) is 0 Å². The zero-order chi connectivity index (χ0) is 24.0. The summed E-state index contributed by atoms with van der Waals surface area (Å²) in [6.45, 7) is 30.3. The second kappa shape index (κ2) is 8.42. The zero-order valence-corrected chi connectivity index (χ0v) is 22.7. The number of benzene rings is 2. The smallest absolute Gasteiger partial charge is 0.00898 e. The van der Waals surface area contributed by atoms with Gasteiger partial charge in [0.05, 0.1) is 0 Å². The molecule has 2 aromatic carbocycles. The number of hydrogen-bond acceptors (Lipinski definition) is 0. The van der Waals surface area contributed by atoms with E-state index in [-0.39, 0.29) is 21.7 Å². The van der Waals surface area contributed by atoms with Crippen LogP contribution in [0.3, 0.4) is 0 Å². The maximum Gasteiger partial charge on any atom is 0.00898 e. The van der Waals surface area contributed by atoms with Crippen molar-refractivity contribution in [3.05, 3.63) is 69.8 Å². The van der Waals surface area contributed by atoms with E-state index in [0.29, 0.717) is 5.92 Å². The van der Waals surface area contributed by atoms with Gasteiger partial charge in [0.15, 0.2) is 0 Å². The molecule has 0 radical (unpaired) electrons. The summed E-state index contributed by atoms with van der Waals surface area (Å²) in [7, 11) is 0. The third kappa shape index (κ3) is 6.03. The lowest BCUT2D eigenvalue weighted by Gasteiger charge is -2.32. The Morgan fingerprint density at radius 1 is 0.548 bits per heavy atom. The van der Waals surface area contributed by atoms with Gasteiger partial charge < -0.3 is 0 Å². The minimum absolute atomic E-state index is 0.110. The van der Waals surface area contributed by atoms with Crippen molar-refractivity contribution in [3.8, 4) is 0 Å². The van der Waals surface area contributed by atoms with E-state index in [2.05, 4.69) is 126 Å². The van der Waals surface area contributed by atoms with Crippen LogP contribution in [0, 0.1) is 0 Å². The highest BCUT2D eigenvalue weighted by atomic mass is 14.3. The van der Waals surface area contributed by atoms with E-state index < -0.39 is 0 Å². The molecule has 1 unspecified atom stereocenters. The third-order valence-electron chi connectivity index (χ3n) is 6.60. The van der Waals surface area contributed by atoms with Gasteiger partial charge in [0.1, 0.15) is 0 Å². The van der Waals surface area contributed by atoms with Crippen LogP contribution in [0.25, 0.3) is 0 Å². The van der Waals surface area contributed by atoms with Crippen LogP contribution in [-0.2, 0) is 21.7 Å². The fraction of sp³-hybridized carbons (Fsp3) is 0.613. The topological polar surface area (TPSA) is 0 Å². The van der Waals surface area contributed by atoms with Gasteiger partial charge in [-0.2, -0.15) is 0 Å². The molecule has 0 aliphatic rings. The summed E-state index contributed by atoms with van der Waals surface area (Å²) in [5.74, 6) is 0.409. The monoisotopic (exact) mass is 420 g/mol. The van der Waals surface area contributed by atoms with Crippen LogP contribution in [0.2, 0.25) is 0 Å². The summed E-state index contributed by atoms with van der Waals surface area (Å²) in [5, 5.41) is 0. The lowest BCUT2D eigenvalue weighted by atomic mass is 9.72. The Bertz CT molecular complexity index is 867.